The first-order chi connectivity index (χ1) is 12.1. The monoisotopic (exact) mass is 373 g/mol. The maximum Gasteiger partial charge on any atom is 0.277 e. The zero-order chi connectivity index (χ0) is 17.4. The quantitative estimate of drug-likeness (QED) is 0.472. The average molecular weight is 374 g/mol. The van der Waals surface area contributed by atoms with E-state index < -0.39 is 0 Å². The molecule has 0 atom stereocenters. The number of hydrogen-bond donors (Lipinski definition) is 1. The zero-order valence-corrected chi connectivity index (χ0v) is 14.8. The fraction of sp³-hybridized carbons (Fsp3) is 0.111. The van der Waals surface area contributed by atoms with Crippen molar-refractivity contribution < 1.29 is 8.81 Å². The Morgan fingerprint density at radius 2 is 1.96 bits per heavy atom. The van der Waals surface area contributed by atoms with E-state index in [1.807, 2.05) is 25.1 Å². The standard InChI is InChI=1S/C18H13ClFN3OS/c1-10-14-8-12(19)4-7-15(14)21-16(10)17-22-23-18(24-17)25-9-11-2-5-13(20)6-3-11/h2-8,21H,9H2,1H3. The van der Waals surface area contributed by atoms with Crippen molar-refractivity contribution in [1.29, 1.82) is 0 Å². The number of aromatic amines is 1. The highest BCUT2D eigenvalue weighted by molar-refractivity contribution is 7.98. The van der Waals surface area contributed by atoms with Gasteiger partial charge in [-0.25, -0.2) is 4.39 Å². The molecule has 0 spiro atoms. The molecule has 2 aromatic carbocycles. The van der Waals surface area contributed by atoms with Crippen LogP contribution in [0.3, 0.4) is 0 Å². The summed E-state index contributed by atoms with van der Waals surface area (Å²) < 4.78 is 18.7. The molecule has 0 unspecified atom stereocenters. The number of halogens is 2. The lowest BCUT2D eigenvalue weighted by Gasteiger charge is -1.97. The maximum absolute atomic E-state index is 12.9. The molecule has 2 aromatic heterocycles. The van der Waals surface area contributed by atoms with Crippen LogP contribution in [0.25, 0.3) is 22.5 Å². The molecule has 0 aliphatic carbocycles. The molecule has 0 bridgehead atoms. The topological polar surface area (TPSA) is 54.7 Å². The summed E-state index contributed by atoms with van der Waals surface area (Å²) in [6, 6.07) is 12.0. The summed E-state index contributed by atoms with van der Waals surface area (Å²) in [5.41, 5.74) is 3.76. The van der Waals surface area contributed by atoms with Crippen LogP contribution in [0.15, 0.2) is 52.1 Å². The predicted octanol–water partition coefficient (Wildman–Crippen LogP) is 5.61. The molecule has 0 radical (unpaired) electrons. The Balaban J connectivity index is 1.56. The van der Waals surface area contributed by atoms with Crippen molar-refractivity contribution in [3.05, 3.63) is 64.4 Å². The van der Waals surface area contributed by atoms with Gasteiger partial charge in [-0.15, -0.1) is 10.2 Å². The van der Waals surface area contributed by atoms with Crippen molar-refractivity contribution in [3.63, 3.8) is 0 Å². The van der Waals surface area contributed by atoms with Gasteiger partial charge in [0.15, 0.2) is 0 Å². The van der Waals surface area contributed by atoms with E-state index in [1.165, 1.54) is 23.9 Å². The maximum atomic E-state index is 12.9. The predicted molar refractivity (Wildman–Crippen MR) is 97.3 cm³/mol. The molecule has 0 fully saturated rings. The average Bonchev–Trinajstić information content (AvgIpc) is 3.20. The first-order valence-electron chi connectivity index (χ1n) is 7.59. The smallest absolute Gasteiger partial charge is 0.277 e. The van der Waals surface area contributed by atoms with Crippen LogP contribution in [0.4, 0.5) is 4.39 Å². The second-order valence-corrected chi connectivity index (χ2v) is 6.97. The Morgan fingerprint density at radius 1 is 1.16 bits per heavy atom. The minimum Gasteiger partial charge on any atom is -0.410 e. The van der Waals surface area contributed by atoms with Crippen LogP contribution < -0.4 is 0 Å². The molecular formula is C18H13ClFN3OS. The minimum absolute atomic E-state index is 0.247. The van der Waals surface area contributed by atoms with Gasteiger partial charge in [0.25, 0.3) is 11.1 Å². The lowest BCUT2D eigenvalue weighted by atomic mass is 10.1. The third-order valence-corrected chi connectivity index (χ3v) is 5.04. The molecular weight excluding hydrogens is 361 g/mol. The highest BCUT2D eigenvalue weighted by atomic mass is 35.5. The third kappa shape index (κ3) is 3.27. The van der Waals surface area contributed by atoms with E-state index >= 15 is 0 Å². The van der Waals surface area contributed by atoms with E-state index in [4.69, 9.17) is 16.0 Å². The van der Waals surface area contributed by atoms with Crippen molar-refractivity contribution in [1.82, 2.24) is 15.2 Å². The second kappa shape index (κ2) is 6.54. The van der Waals surface area contributed by atoms with Gasteiger partial charge in [0.2, 0.25) is 0 Å². The van der Waals surface area contributed by atoms with Crippen LogP contribution >= 0.6 is 23.4 Å². The molecule has 4 aromatic rings. The van der Waals surface area contributed by atoms with Gasteiger partial charge in [0.05, 0.1) is 0 Å². The molecule has 0 amide bonds. The summed E-state index contributed by atoms with van der Waals surface area (Å²) in [5.74, 6) is 0.818. The fourth-order valence-corrected chi connectivity index (χ4v) is 3.50. The number of H-pyrrole nitrogens is 1. The van der Waals surface area contributed by atoms with Crippen molar-refractivity contribution >= 4 is 34.3 Å². The number of aryl methyl sites for hydroxylation is 1. The van der Waals surface area contributed by atoms with Crippen molar-refractivity contribution in [3.8, 4) is 11.6 Å². The van der Waals surface area contributed by atoms with Gasteiger partial charge in [0, 0.05) is 21.7 Å². The molecule has 0 aliphatic rings. The van der Waals surface area contributed by atoms with Gasteiger partial charge >= 0.3 is 0 Å². The van der Waals surface area contributed by atoms with Gasteiger partial charge in [-0.05, 0) is 48.4 Å². The minimum atomic E-state index is -0.247. The third-order valence-electron chi connectivity index (χ3n) is 3.92. The molecule has 7 heteroatoms. The molecule has 25 heavy (non-hydrogen) atoms. The summed E-state index contributed by atoms with van der Waals surface area (Å²) in [7, 11) is 0. The normalized spacial score (nSPS) is 11.3. The number of fused-ring (bicyclic) bond motifs is 1. The van der Waals surface area contributed by atoms with Gasteiger partial charge in [-0.3, -0.25) is 0 Å². The van der Waals surface area contributed by atoms with Crippen LogP contribution in [0.1, 0.15) is 11.1 Å². The van der Waals surface area contributed by atoms with E-state index in [0.29, 0.717) is 21.9 Å². The van der Waals surface area contributed by atoms with Crippen molar-refractivity contribution in [2.75, 3.05) is 0 Å². The van der Waals surface area contributed by atoms with E-state index in [-0.39, 0.29) is 5.82 Å². The van der Waals surface area contributed by atoms with Crippen LogP contribution in [0.5, 0.6) is 0 Å². The van der Waals surface area contributed by atoms with Gasteiger partial charge in [-0.2, -0.15) is 0 Å². The molecule has 0 saturated carbocycles. The molecule has 4 nitrogen and oxygen atoms in total. The summed E-state index contributed by atoms with van der Waals surface area (Å²) in [5, 5.41) is 10.4. The molecule has 0 saturated heterocycles. The molecule has 1 N–H and O–H groups in total. The summed E-state index contributed by atoms with van der Waals surface area (Å²) >= 11 is 7.48. The lowest BCUT2D eigenvalue weighted by molar-refractivity contribution is 0.464. The van der Waals surface area contributed by atoms with Gasteiger partial charge in [0.1, 0.15) is 11.5 Å². The molecule has 0 aliphatic heterocycles. The van der Waals surface area contributed by atoms with E-state index in [0.717, 1.165) is 27.7 Å². The number of aromatic nitrogens is 3. The molecule has 126 valence electrons. The highest BCUT2D eigenvalue weighted by Gasteiger charge is 2.16. The van der Waals surface area contributed by atoms with Crippen molar-refractivity contribution in [2.45, 2.75) is 17.9 Å². The van der Waals surface area contributed by atoms with Crippen molar-refractivity contribution in [2.24, 2.45) is 0 Å². The summed E-state index contributed by atoms with van der Waals surface area (Å²) in [6.07, 6.45) is 0. The number of benzene rings is 2. The van der Waals surface area contributed by atoms with Crippen LogP contribution in [-0.2, 0) is 5.75 Å². The fourth-order valence-electron chi connectivity index (χ4n) is 2.61. The Labute approximate surface area is 152 Å². The van der Waals surface area contributed by atoms with E-state index in [9.17, 15) is 4.39 Å². The second-order valence-electron chi connectivity index (χ2n) is 5.60. The summed E-state index contributed by atoms with van der Waals surface area (Å²) in [4.78, 5) is 3.29. The lowest BCUT2D eigenvalue weighted by Crippen LogP contribution is -1.81. The Kier molecular flexibility index (Phi) is 4.23. The molecule has 4 rings (SSSR count). The van der Waals surface area contributed by atoms with E-state index in [2.05, 4.69) is 15.2 Å². The SMILES string of the molecule is Cc1c(-c2nnc(SCc3ccc(F)cc3)o2)[nH]c2ccc(Cl)cc12. The number of hydrogen-bond acceptors (Lipinski definition) is 4. The number of thioether (sulfide) groups is 1. The first kappa shape index (κ1) is 16.2. The Morgan fingerprint density at radius 3 is 2.76 bits per heavy atom. The van der Waals surface area contributed by atoms with Crippen LogP contribution in [0.2, 0.25) is 5.02 Å². The zero-order valence-electron chi connectivity index (χ0n) is 13.2. The summed E-state index contributed by atoms with van der Waals surface area (Å²) in [6.45, 7) is 1.99. The number of nitrogens with one attached hydrogen (secondary N) is 1. The number of nitrogens with zero attached hydrogens (tertiary/aromatic N) is 2. The Bertz CT molecular complexity index is 1040. The largest absolute Gasteiger partial charge is 0.410 e. The van der Waals surface area contributed by atoms with Crippen LogP contribution in [0, 0.1) is 12.7 Å². The highest BCUT2D eigenvalue weighted by Crippen LogP contribution is 2.32. The molecule has 2 heterocycles. The Hall–Kier alpha value is -2.31. The van der Waals surface area contributed by atoms with Crippen LogP contribution in [-0.4, -0.2) is 15.2 Å². The van der Waals surface area contributed by atoms with E-state index in [1.54, 1.807) is 12.1 Å². The number of rotatable bonds is 4. The van der Waals surface area contributed by atoms with Gasteiger partial charge in [-0.1, -0.05) is 35.5 Å². The van der Waals surface area contributed by atoms with Gasteiger partial charge < -0.3 is 9.40 Å². The first-order valence-corrected chi connectivity index (χ1v) is 8.95.